The van der Waals surface area contributed by atoms with Gasteiger partial charge in [0.2, 0.25) is 10.0 Å². The minimum atomic E-state index is -3.63. The zero-order chi connectivity index (χ0) is 19.3. The highest BCUT2D eigenvalue weighted by molar-refractivity contribution is 7.92. The molecule has 0 saturated heterocycles. The van der Waals surface area contributed by atoms with E-state index in [1.54, 1.807) is 42.5 Å². The molecule has 0 spiro atoms. The lowest BCUT2D eigenvalue weighted by molar-refractivity contribution is -0.119. The molecule has 0 radical (unpaired) electrons. The number of nitrogens with zero attached hydrogens (tertiary/aromatic N) is 2. The van der Waals surface area contributed by atoms with Gasteiger partial charge >= 0.3 is 0 Å². The van der Waals surface area contributed by atoms with Gasteiger partial charge in [0, 0.05) is 10.6 Å². The Kier molecular flexibility index (Phi) is 6.63. The van der Waals surface area contributed by atoms with Crippen molar-refractivity contribution in [2.24, 2.45) is 5.10 Å². The second kappa shape index (κ2) is 8.53. The number of amides is 1. The van der Waals surface area contributed by atoms with Gasteiger partial charge in [-0.25, -0.2) is 13.8 Å². The summed E-state index contributed by atoms with van der Waals surface area (Å²) in [5.74, 6) is -0.586. The SMILES string of the molecule is Cc1ccc(N(CC(=O)N/N=C\c2ccc(Cl)cc2Cl)S(C)(=O)=O)cc1. The maximum Gasteiger partial charge on any atom is 0.260 e. The molecule has 0 unspecified atom stereocenters. The molecular weight excluding hydrogens is 397 g/mol. The van der Waals surface area contributed by atoms with Gasteiger partial charge in [0.25, 0.3) is 5.91 Å². The van der Waals surface area contributed by atoms with Crippen LogP contribution in [0.1, 0.15) is 11.1 Å². The van der Waals surface area contributed by atoms with Crippen LogP contribution in [-0.4, -0.2) is 33.3 Å². The Morgan fingerprint density at radius 1 is 1.19 bits per heavy atom. The van der Waals surface area contributed by atoms with E-state index in [0.717, 1.165) is 16.1 Å². The summed E-state index contributed by atoms with van der Waals surface area (Å²) in [6.07, 6.45) is 2.39. The lowest BCUT2D eigenvalue weighted by Crippen LogP contribution is -2.39. The number of anilines is 1. The average molecular weight is 414 g/mol. The number of benzene rings is 2. The monoisotopic (exact) mass is 413 g/mol. The number of rotatable bonds is 6. The quantitative estimate of drug-likeness (QED) is 0.583. The molecule has 0 aliphatic rings. The highest BCUT2D eigenvalue weighted by atomic mass is 35.5. The fourth-order valence-electron chi connectivity index (χ4n) is 2.06. The van der Waals surface area contributed by atoms with Crippen molar-refractivity contribution < 1.29 is 13.2 Å². The van der Waals surface area contributed by atoms with Crippen molar-refractivity contribution in [3.05, 3.63) is 63.6 Å². The van der Waals surface area contributed by atoms with E-state index in [4.69, 9.17) is 23.2 Å². The van der Waals surface area contributed by atoms with Crippen LogP contribution in [0.3, 0.4) is 0 Å². The van der Waals surface area contributed by atoms with Gasteiger partial charge in [-0.1, -0.05) is 47.0 Å². The van der Waals surface area contributed by atoms with Crippen LogP contribution in [0.4, 0.5) is 5.69 Å². The summed E-state index contributed by atoms with van der Waals surface area (Å²) in [5, 5.41) is 4.67. The first-order valence-electron chi connectivity index (χ1n) is 7.48. The number of carbonyl (C=O) groups excluding carboxylic acids is 1. The highest BCUT2D eigenvalue weighted by Gasteiger charge is 2.20. The number of sulfonamides is 1. The van der Waals surface area contributed by atoms with Crippen LogP contribution in [0.5, 0.6) is 0 Å². The van der Waals surface area contributed by atoms with Gasteiger partial charge in [0.1, 0.15) is 6.54 Å². The molecule has 1 amide bonds. The topological polar surface area (TPSA) is 78.8 Å². The third kappa shape index (κ3) is 5.72. The van der Waals surface area contributed by atoms with Gasteiger partial charge in [-0.3, -0.25) is 9.10 Å². The summed E-state index contributed by atoms with van der Waals surface area (Å²) >= 11 is 11.8. The van der Waals surface area contributed by atoms with Crippen molar-refractivity contribution >= 4 is 51.0 Å². The molecule has 26 heavy (non-hydrogen) atoms. The van der Waals surface area contributed by atoms with Gasteiger partial charge in [0.15, 0.2) is 0 Å². The Morgan fingerprint density at radius 3 is 2.42 bits per heavy atom. The molecule has 1 N–H and O–H groups in total. The lowest BCUT2D eigenvalue weighted by atomic mass is 10.2. The number of hydrazone groups is 1. The van der Waals surface area contributed by atoms with Gasteiger partial charge in [-0.2, -0.15) is 5.10 Å². The van der Waals surface area contributed by atoms with Crippen molar-refractivity contribution in [1.82, 2.24) is 5.43 Å². The molecule has 138 valence electrons. The largest absolute Gasteiger partial charge is 0.271 e. The summed E-state index contributed by atoms with van der Waals surface area (Å²) in [6.45, 7) is 1.49. The summed E-state index contributed by atoms with van der Waals surface area (Å²) in [6, 6.07) is 11.7. The maximum absolute atomic E-state index is 12.1. The van der Waals surface area contributed by atoms with Gasteiger partial charge < -0.3 is 0 Å². The van der Waals surface area contributed by atoms with Crippen LogP contribution in [0.25, 0.3) is 0 Å². The van der Waals surface area contributed by atoms with Gasteiger partial charge in [0.05, 0.1) is 23.2 Å². The van der Waals surface area contributed by atoms with Crippen molar-refractivity contribution in [3.8, 4) is 0 Å². The first kappa shape index (κ1) is 20.2. The summed E-state index contributed by atoms with van der Waals surface area (Å²) in [5.41, 5.74) is 4.24. The first-order valence-corrected chi connectivity index (χ1v) is 10.1. The first-order chi connectivity index (χ1) is 12.2. The molecule has 0 aliphatic carbocycles. The minimum absolute atomic E-state index is 0.382. The lowest BCUT2D eigenvalue weighted by Gasteiger charge is -2.21. The zero-order valence-electron chi connectivity index (χ0n) is 14.1. The summed E-state index contributed by atoms with van der Waals surface area (Å²) in [4.78, 5) is 12.1. The molecule has 0 atom stereocenters. The molecule has 2 aromatic rings. The molecule has 0 heterocycles. The van der Waals surface area contributed by atoms with Crippen molar-refractivity contribution in [1.29, 1.82) is 0 Å². The maximum atomic E-state index is 12.1. The van der Waals surface area contributed by atoms with E-state index in [1.165, 1.54) is 6.21 Å². The van der Waals surface area contributed by atoms with Crippen molar-refractivity contribution in [2.75, 3.05) is 17.1 Å². The highest BCUT2D eigenvalue weighted by Crippen LogP contribution is 2.19. The molecule has 0 saturated carbocycles. The third-order valence-corrected chi connectivity index (χ3v) is 5.07. The van der Waals surface area contributed by atoms with Gasteiger partial charge in [-0.05, 0) is 31.2 Å². The predicted octanol–water partition coefficient (Wildman–Crippen LogP) is 3.22. The summed E-state index contributed by atoms with van der Waals surface area (Å²) in [7, 11) is -3.63. The van der Waals surface area contributed by atoms with E-state index in [9.17, 15) is 13.2 Å². The standard InChI is InChI=1S/C17H17Cl2N3O3S/c1-12-3-7-15(8-4-12)22(26(2,24)25)11-17(23)21-20-10-13-5-6-14(18)9-16(13)19/h3-10H,11H2,1-2H3,(H,21,23)/b20-10-. The van der Waals surface area contributed by atoms with Crippen LogP contribution < -0.4 is 9.73 Å². The van der Waals surface area contributed by atoms with E-state index in [1.807, 2.05) is 6.92 Å². The number of aryl methyl sites for hydroxylation is 1. The molecule has 0 bridgehead atoms. The molecule has 2 rings (SSSR count). The normalized spacial score (nSPS) is 11.5. The molecular formula is C17H17Cl2N3O3S. The Hall–Kier alpha value is -2.09. The Bertz CT molecular complexity index is 929. The third-order valence-electron chi connectivity index (χ3n) is 3.36. The van der Waals surface area contributed by atoms with E-state index >= 15 is 0 Å². The number of hydrogen-bond donors (Lipinski definition) is 1. The molecule has 2 aromatic carbocycles. The van der Waals surface area contributed by atoms with E-state index < -0.39 is 22.5 Å². The van der Waals surface area contributed by atoms with E-state index in [-0.39, 0.29) is 0 Å². The zero-order valence-corrected chi connectivity index (χ0v) is 16.4. The fraction of sp³-hybridized carbons (Fsp3) is 0.176. The molecule has 0 aromatic heterocycles. The predicted molar refractivity (Wildman–Crippen MR) is 106 cm³/mol. The Morgan fingerprint density at radius 2 is 1.85 bits per heavy atom. The van der Waals surface area contributed by atoms with E-state index in [2.05, 4.69) is 10.5 Å². The van der Waals surface area contributed by atoms with Crippen LogP contribution in [0.2, 0.25) is 10.0 Å². The number of carbonyl (C=O) groups is 1. The van der Waals surface area contributed by atoms with E-state index in [0.29, 0.717) is 21.3 Å². The number of nitrogens with one attached hydrogen (secondary N) is 1. The van der Waals surface area contributed by atoms with Crippen LogP contribution in [0.15, 0.2) is 47.6 Å². The van der Waals surface area contributed by atoms with Crippen molar-refractivity contribution in [2.45, 2.75) is 6.92 Å². The minimum Gasteiger partial charge on any atom is -0.271 e. The van der Waals surface area contributed by atoms with Gasteiger partial charge in [-0.15, -0.1) is 0 Å². The Labute approximate surface area is 162 Å². The smallest absolute Gasteiger partial charge is 0.260 e. The molecule has 6 nitrogen and oxygen atoms in total. The summed E-state index contributed by atoms with van der Waals surface area (Å²) < 4.78 is 25.0. The second-order valence-electron chi connectivity index (χ2n) is 5.56. The van der Waals surface area contributed by atoms with Crippen LogP contribution >= 0.6 is 23.2 Å². The van der Waals surface area contributed by atoms with Crippen LogP contribution in [-0.2, 0) is 14.8 Å². The Balaban J connectivity index is 2.08. The molecule has 0 fully saturated rings. The molecule has 9 heteroatoms. The number of halogens is 2. The van der Waals surface area contributed by atoms with Crippen LogP contribution in [0, 0.1) is 6.92 Å². The second-order valence-corrected chi connectivity index (χ2v) is 8.31. The average Bonchev–Trinajstić information content (AvgIpc) is 2.55. The fourth-order valence-corrected chi connectivity index (χ4v) is 3.37. The number of hydrogen-bond acceptors (Lipinski definition) is 4. The molecule has 0 aliphatic heterocycles. The van der Waals surface area contributed by atoms with Crippen molar-refractivity contribution in [3.63, 3.8) is 0 Å².